The number of fused-ring (bicyclic) bond motifs is 1. The summed E-state index contributed by atoms with van der Waals surface area (Å²) in [6.45, 7) is 0. The SMILES string of the molecule is COc1cc(Br)cc(C=Nc2ccc3oc(-c4ccc(F)cc4Cl)nc3c2)c1O. The predicted molar refractivity (Wildman–Crippen MR) is 114 cm³/mol. The Morgan fingerprint density at radius 1 is 1.21 bits per heavy atom. The van der Waals surface area contributed by atoms with Crippen molar-refractivity contribution in [2.24, 2.45) is 4.99 Å². The third-order valence-electron chi connectivity index (χ3n) is 4.17. The lowest BCUT2D eigenvalue weighted by Gasteiger charge is -2.06. The third kappa shape index (κ3) is 3.97. The molecule has 4 aromatic rings. The molecule has 0 unspecified atom stereocenters. The number of rotatable bonds is 4. The number of phenolic OH excluding ortho intramolecular Hbond substituents is 1. The van der Waals surface area contributed by atoms with Crippen LogP contribution in [0.4, 0.5) is 10.1 Å². The topological polar surface area (TPSA) is 67.9 Å². The zero-order valence-electron chi connectivity index (χ0n) is 15.0. The van der Waals surface area contributed by atoms with Crippen molar-refractivity contribution >= 4 is 50.5 Å². The predicted octanol–water partition coefficient (Wildman–Crippen LogP) is 6.51. The van der Waals surface area contributed by atoms with Crippen LogP contribution in [0.1, 0.15) is 5.56 Å². The zero-order valence-corrected chi connectivity index (χ0v) is 17.3. The molecule has 5 nitrogen and oxygen atoms in total. The molecule has 0 saturated heterocycles. The van der Waals surface area contributed by atoms with Gasteiger partial charge in [0.2, 0.25) is 5.89 Å². The lowest BCUT2D eigenvalue weighted by Crippen LogP contribution is -1.89. The standard InChI is InChI=1S/C21H13BrClFN2O3/c1-28-19-7-12(22)6-11(20(19)27)10-25-14-3-5-18-17(9-14)26-21(29-18)15-4-2-13(24)8-16(15)23/h2-10,27H,1H3. The molecule has 3 aromatic carbocycles. The van der Waals surface area contributed by atoms with E-state index in [1.165, 1.54) is 31.5 Å². The van der Waals surface area contributed by atoms with Gasteiger partial charge in [0.05, 0.1) is 23.4 Å². The van der Waals surface area contributed by atoms with Crippen LogP contribution in [0.2, 0.25) is 5.02 Å². The molecular formula is C21H13BrClFN2O3. The van der Waals surface area contributed by atoms with Crippen LogP contribution in [0, 0.1) is 5.82 Å². The number of ether oxygens (including phenoxy) is 1. The molecule has 29 heavy (non-hydrogen) atoms. The van der Waals surface area contributed by atoms with E-state index in [4.69, 9.17) is 20.8 Å². The second kappa shape index (κ2) is 7.85. The average Bonchev–Trinajstić information content (AvgIpc) is 3.11. The number of benzene rings is 3. The fourth-order valence-corrected chi connectivity index (χ4v) is 3.47. The van der Waals surface area contributed by atoms with E-state index in [-0.39, 0.29) is 10.8 Å². The van der Waals surface area contributed by atoms with Gasteiger partial charge in [-0.2, -0.15) is 0 Å². The molecule has 0 saturated carbocycles. The molecule has 0 atom stereocenters. The molecule has 0 aliphatic heterocycles. The second-order valence-electron chi connectivity index (χ2n) is 6.10. The highest BCUT2D eigenvalue weighted by Crippen LogP contribution is 2.34. The Morgan fingerprint density at radius 3 is 2.79 bits per heavy atom. The molecule has 0 bridgehead atoms. The van der Waals surface area contributed by atoms with E-state index in [1.54, 1.807) is 30.3 Å². The second-order valence-corrected chi connectivity index (χ2v) is 7.42. The van der Waals surface area contributed by atoms with Crippen molar-refractivity contribution in [2.75, 3.05) is 7.11 Å². The highest BCUT2D eigenvalue weighted by atomic mass is 79.9. The number of aromatic hydroxyl groups is 1. The molecule has 4 rings (SSSR count). The van der Waals surface area contributed by atoms with Crippen LogP contribution in [0.25, 0.3) is 22.6 Å². The lowest BCUT2D eigenvalue weighted by molar-refractivity contribution is 0.373. The van der Waals surface area contributed by atoms with Crippen LogP contribution in [0.15, 0.2) is 62.4 Å². The molecule has 146 valence electrons. The number of oxazole rings is 1. The summed E-state index contributed by atoms with van der Waals surface area (Å²) in [6, 6.07) is 12.6. The number of hydrogen-bond acceptors (Lipinski definition) is 5. The monoisotopic (exact) mass is 474 g/mol. The minimum Gasteiger partial charge on any atom is -0.504 e. The number of phenols is 1. The van der Waals surface area contributed by atoms with Gasteiger partial charge in [-0.15, -0.1) is 0 Å². The first-order valence-electron chi connectivity index (χ1n) is 8.41. The fourth-order valence-electron chi connectivity index (χ4n) is 2.77. The summed E-state index contributed by atoms with van der Waals surface area (Å²) in [5.41, 5.74) is 2.73. The largest absolute Gasteiger partial charge is 0.504 e. The van der Waals surface area contributed by atoms with E-state index < -0.39 is 5.82 Å². The van der Waals surface area contributed by atoms with E-state index in [2.05, 4.69) is 25.9 Å². The van der Waals surface area contributed by atoms with Crippen LogP contribution in [-0.4, -0.2) is 23.4 Å². The molecule has 0 amide bonds. The summed E-state index contributed by atoms with van der Waals surface area (Å²) in [7, 11) is 1.48. The molecule has 0 aliphatic rings. The van der Waals surface area contributed by atoms with Gasteiger partial charge in [-0.05, 0) is 48.5 Å². The normalized spacial score (nSPS) is 11.4. The van der Waals surface area contributed by atoms with Crippen molar-refractivity contribution in [3.05, 3.63) is 69.4 Å². The van der Waals surface area contributed by atoms with Crippen molar-refractivity contribution < 1.29 is 18.7 Å². The van der Waals surface area contributed by atoms with Gasteiger partial charge in [0.25, 0.3) is 0 Å². The van der Waals surface area contributed by atoms with Gasteiger partial charge in [-0.1, -0.05) is 27.5 Å². The van der Waals surface area contributed by atoms with E-state index in [9.17, 15) is 9.50 Å². The first-order valence-corrected chi connectivity index (χ1v) is 9.58. The lowest BCUT2D eigenvalue weighted by atomic mass is 10.2. The number of halogens is 3. The molecule has 0 fully saturated rings. The van der Waals surface area contributed by atoms with Crippen LogP contribution in [-0.2, 0) is 0 Å². The number of hydrogen-bond donors (Lipinski definition) is 1. The average molecular weight is 476 g/mol. The smallest absolute Gasteiger partial charge is 0.228 e. The third-order valence-corrected chi connectivity index (χ3v) is 4.95. The van der Waals surface area contributed by atoms with Crippen LogP contribution in [0.3, 0.4) is 0 Å². The van der Waals surface area contributed by atoms with Gasteiger partial charge in [0, 0.05) is 16.3 Å². The van der Waals surface area contributed by atoms with Crippen molar-refractivity contribution in [3.63, 3.8) is 0 Å². The first kappa shape index (κ1) is 19.4. The number of aliphatic imine (C=N–C) groups is 1. The highest BCUT2D eigenvalue weighted by molar-refractivity contribution is 9.10. The Bertz CT molecular complexity index is 1260. The molecule has 8 heteroatoms. The van der Waals surface area contributed by atoms with Crippen molar-refractivity contribution in [3.8, 4) is 23.0 Å². The Hall–Kier alpha value is -2.90. The Labute approximate surface area is 178 Å². The van der Waals surface area contributed by atoms with E-state index in [0.29, 0.717) is 39.6 Å². The Kier molecular flexibility index (Phi) is 5.25. The van der Waals surface area contributed by atoms with Gasteiger partial charge in [0.15, 0.2) is 17.1 Å². The van der Waals surface area contributed by atoms with Crippen molar-refractivity contribution in [2.45, 2.75) is 0 Å². The fraction of sp³-hybridized carbons (Fsp3) is 0.0476. The van der Waals surface area contributed by atoms with Crippen molar-refractivity contribution in [1.82, 2.24) is 4.98 Å². The van der Waals surface area contributed by atoms with Crippen molar-refractivity contribution in [1.29, 1.82) is 0 Å². The number of nitrogens with zero attached hydrogens (tertiary/aromatic N) is 2. The summed E-state index contributed by atoms with van der Waals surface area (Å²) in [5, 5.41) is 10.5. The molecule has 1 N–H and O–H groups in total. The minimum absolute atomic E-state index is 0.00444. The summed E-state index contributed by atoms with van der Waals surface area (Å²) < 4.78 is 24.9. The molecule has 1 heterocycles. The Morgan fingerprint density at radius 2 is 2.03 bits per heavy atom. The minimum atomic E-state index is -0.432. The molecule has 0 radical (unpaired) electrons. The molecule has 0 aliphatic carbocycles. The van der Waals surface area contributed by atoms with Gasteiger partial charge < -0.3 is 14.3 Å². The summed E-state index contributed by atoms with van der Waals surface area (Å²) in [4.78, 5) is 8.82. The van der Waals surface area contributed by atoms with E-state index >= 15 is 0 Å². The Balaban J connectivity index is 1.68. The van der Waals surface area contributed by atoms with Gasteiger partial charge >= 0.3 is 0 Å². The summed E-state index contributed by atoms with van der Waals surface area (Å²) >= 11 is 9.46. The first-order chi connectivity index (χ1) is 13.9. The van der Waals surface area contributed by atoms with E-state index in [0.717, 1.165) is 4.47 Å². The quantitative estimate of drug-likeness (QED) is 0.341. The zero-order chi connectivity index (χ0) is 20.5. The summed E-state index contributed by atoms with van der Waals surface area (Å²) in [5.74, 6) is 0.197. The van der Waals surface area contributed by atoms with Crippen LogP contribution in [0.5, 0.6) is 11.5 Å². The van der Waals surface area contributed by atoms with Crippen LogP contribution < -0.4 is 4.74 Å². The van der Waals surface area contributed by atoms with Crippen LogP contribution >= 0.6 is 27.5 Å². The van der Waals surface area contributed by atoms with E-state index in [1.807, 2.05) is 0 Å². The number of aromatic nitrogens is 1. The summed E-state index contributed by atoms with van der Waals surface area (Å²) in [6.07, 6.45) is 1.53. The molecule has 1 aromatic heterocycles. The maximum Gasteiger partial charge on any atom is 0.228 e. The molecule has 0 spiro atoms. The van der Waals surface area contributed by atoms with Gasteiger partial charge in [-0.25, -0.2) is 9.37 Å². The molecular weight excluding hydrogens is 463 g/mol. The number of methoxy groups -OCH3 is 1. The maximum atomic E-state index is 13.3. The van der Waals surface area contributed by atoms with Gasteiger partial charge in [0.1, 0.15) is 11.3 Å². The highest BCUT2D eigenvalue weighted by Gasteiger charge is 2.13. The van der Waals surface area contributed by atoms with Gasteiger partial charge in [-0.3, -0.25) is 4.99 Å². The maximum absolute atomic E-state index is 13.3.